The molecule has 1 aliphatic rings. The lowest BCUT2D eigenvalue weighted by molar-refractivity contribution is -0.0203. The Morgan fingerprint density at radius 1 is 1.35 bits per heavy atom. The van der Waals surface area contributed by atoms with Crippen LogP contribution >= 0.6 is 0 Å². The van der Waals surface area contributed by atoms with E-state index in [1.54, 1.807) is 0 Å². The third-order valence-corrected chi connectivity index (χ3v) is 4.86. The van der Waals surface area contributed by atoms with Gasteiger partial charge in [-0.3, -0.25) is 14.3 Å². The molecule has 0 radical (unpaired) electrons. The van der Waals surface area contributed by atoms with Crippen molar-refractivity contribution in [1.29, 1.82) is 0 Å². The van der Waals surface area contributed by atoms with E-state index in [1.165, 1.54) is 10.8 Å². The second-order valence-electron chi connectivity index (χ2n) is 6.65. The molecule has 0 amide bonds. The van der Waals surface area contributed by atoms with Crippen LogP contribution in [0.15, 0.2) is 46.1 Å². The van der Waals surface area contributed by atoms with Gasteiger partial charge in [-0.15, -0.1) is 0 Å². The van der Waals surface area contributed by atoms with Gasteiger partial charge in [0.15, 0.2) is 0 Å². The van der Waals surface area contributed by atoms with E-state index in [4.69, 9.17) is 4.74 Å². The number of aromatic amines is 1. The standard InChI is InChI=1S/C19H25N3O4/c1-3-13-11-22(19(25)21-18(13)24)17-9-15(23)16(26-17)10-20-12(2)14-7-5-4-6-8-14/h4-8,11-12,15-17,20,23H,3,9-10H2,1-2H3,(H,21,24,25)/t12?,15-,16+,17+/m0/s1. The van der Waals surface area contributed by atoms with Crippen molar-refractivity contribution in [3.05, 3.63) is 68.5 Å². The van der Waals surface area contributed by atoms with Crippen molar-refractivity contribution in [3.63, 3.8) is 0 Å². The SMILES string of the molecule is CCc1cn([C@H]2C[C@H](O)[C@@H](CNC(C)c3ccccc3)O2)c(=O)[nH]c1=O. The number of nitrogens with zero attached hydrogens (tertiary/aromatic N) is 1. The molecule has 7 nitrogen and oxygen atoms in total. The van der Waals surface area contributed by atoms with Crippen LogP contribution in [0.2, 0.25) is 0 Å². The molecule has 140 valence electrons. The highest BCUT2D eigenvalue weighted by Gasteiger charge is 2.35. The largest absolute Gasteiger partial charge is 0.390 e. The van der Waals surface area contributed by atoms with Gasteiger partial charge in [0.1, 0.15) is 6.23 Å². The molecule has 0 saturated carbocycles. The fraction of sp³-hybridized carbons (Fsp3) is 0.474. The van der Waals surface area contributed by atoms with Crippen LogP contribution in [-0.4, -0.2) is 33.4 Å². The summed E-state index contributed by atoms with van der Waals surface area (Å²) < 4.78 is 7.26. The predicted octanol–water partition coefficient (Wildman–Crippen LogP) is 1.10. The number of rotatable bonds is 6. The van der Waals surface area contributed by atoms with E-state index < -0.39 is 24.1 Å². The number of hydrogen-bond acceptors (Lipinski definition) is 5. The zero-order chi connectivity index (χ0) is 18.7. The van der Waals surface area contributed by atoms with Gasteiger partial charge in [0.25, 0.3) is 5.56 Å². The molecule has 1 fully saturated rings. The highest BCUT2D eigenvalue weighted by atomic mass is 16.5. The fourth-order valence-electron chi connectivity index (χ4n) is 3.22. The highest BCUT2D eigenvalue weighted by Crippen LogP contribution is 2.27. The first kappa shape index (κ1) is 18.6. The number of hydrogen-bond donors (Lipinski definition) is 3. The number of ether oxygens (including phenoxy) is 1. The molecular formula is C19H25N3O4. The van der Waals surface area contributed by atoms with Crippen LogP contribution in [0.3, 0.4) is 0 Å². The first-order valence-electron chi connectivity index (χ1n) is 8.95. The lowest BCUT2D eigenvalue weighted by Gasteiger charge is -2.20. The van der Waals surface area contributed by atoms with Gasteiger partial charge in [0.05, 0.1) is 12.2 Å². The van der Waals surface area contributed by atoms with Gasteiger partial charge < -0.3 is 15.2 Å². The minimum absolute atomic E-state index is 0.119. The number of aryl methyl sites for hydroxylation is 1. The number of aromatic nitrogens is 2. The van der Waals surface area contributed by atoms with Crippen LogP contribution in [0.1, 0.15) is 43.7 Å². The van der Waals surface area contributed by atoms with Gasteiger partial charge in [0, 0.05) is 30.8 Å². The van der Waals surface area contributed by atoms with E-state index in [0.29, 0.717) is 24.9 Å². The van der Waals surface area contributed by atoms with E-state index >= 15 is 0 Å². The van der Waals surface area contributed by atoms with Gasteiger partial charge in [0.2, 0.25) is 0 Å². The molecule has 0 bridgehead atoms. The van der Waals surface area contributed by atoms with Crippen LogP contribution in [-0.2, 0) is 11.2 Å². The van der Waals surface area contributed by atoms with Gasteiger partial charge >= 0.3 is 5.69 Å². The van der Waals surface area contributed by atoms with E-state index in [9.17, 15) is 14.7 Å². The lowest BCUT2D eigenvalue weighted by Crippen LogP contribution is -2.36. The second-order valence-corrected chi connectivity index (χ2v) is 6.65. The molecule has 1 aliphatic heterocycles. The number of aliphatic hydroxyl groups is 1. The number of nitrogens with one attached hydrogen (secondary N) is 2. The van der Waals surface area contributed by atoms with Gasteiger partial charge in [-0.2, -0.15) is 0 Å². The zero-order valence-corrected chi connectivity index (χ0v) is 15.0. The molecule has 2 aromatic rings. The predicted molar refractivity (Wildman–Crippen MR) is 98.1 cm³/mol. The van der Waals surface area contributed by atoms with Crippen molar-refractivity contribution in [2.24, 2.45) is 0 Å². The summed E-state index contributed by atoms with van der Waals surface area (Å²) >= 11 is 0. The van der Waals surface area contributed by atoms with Crippen LogP contribution in [0, 0.1) is 0 Å². The summed E-state index contributed by atoms with van der Waals surface area (Å²) in [5, 5.41) is 13.7. The molecule has 3 N–H and O–H groups in total. The van der Waals surface area contributed by atoms with Crippen LogP contribution in [0.25, 0.3) is 0 Å². The highest BCUT2D eigenvalue weighted by molar-refractivity contribution is 5.18. The van der Waals surface area contributed by atoms with Gasteiger partial charge in [-0.1, -0.05) is 37.3 Å². The topological polar surface area (TPSA) is 96.3 Å². The van der Waals surface area contributed by atoms with Crippen molar-refractivity contribution in [2.75, 3.05) is 6.54 Å². The quantitative estimate of drug-likeness (QED) is 0.718. The van der Waals surface area contributed by atoms with Crippen molar-refractivity contribution in [3.8, 4) is 0 Å². The Labute approximate surface area is 151 Å². The molecule has 0 spiro atoms. The van der Waals surface area contributed by atoms with Crippen molar-refractivity contribution in [2.45, 2.75) is 51.2 Å². The molecule has 26 heavy (non-hydrogen) atoms. The smallest absolute Gasteiger partial charge is 0.330 e. The Balaban J connectivity index is 1.66. The Bertz CT molecular complexity index is 846. The Hall–Kier alpha value is -2.22. The van der Waals surface area contributed by atoms with E-state index in [2.05, 4.69) is 10.3 Å². The molecule has 1 aromatic carbocycles. The lowest BCUT2D eigenvalue weighted by atomic mass is 10.1. The molecule has 3 rings (SSSR count). The second kappa shape index (κ2) is 7.99. The molecule has 1 aromatic heterocycles. The zero-order valence-electron chi connectivity index (χ0n) is 15.0. The van der Waals surface area contributed by atoms with Crippen LogP contribution in [0.4, 0.5) is 0 Å². The van der Waals surface area contributed by atoms with Gasteiger partial charge in [-0.25, -0.2) is 4.79 Å². The Kier molecular flexibility index (Phi) is 5.70. The Morgan fingerprint density at radius 2 is 2.08 bits per heavy atom. The monoisotopic (exact) mass is 359 g/mol. The summed E-state index contributed by atoms with van der Waals surface area (Å²) in [6.45, 7) is 4.36. The molecule has 0 aliphatic carbocycles. The van der Waals surface area contributed by atoms with Crippen LogP contribution < -0.4 is 16.6 Å². The minimum atomic E-state index is -0.681. The molecule has 2 heterocycles. The average Bonchev–Trinajstić information content (AvgIpc) is 3.01. The fourth-order valence-corrected chi connectivity index (χ4v) is 3.22. The minimum Gasteiger partial charge on any atom is -0.390 e. The average molecular weight is 359 g/mol. The number of aliphatic hydroxyl groups excluding tert-OH is 1. The van der Waals surface area contributed by atoms with Crippen molar-refractivity contribution >= 4 is 0 Å². The summed E-state index contributed by atoms with van der Waals surface area (Å²) in [5.41, 5.74) is 0.779. The molecule has 4 atom stereocenters. The maximum Gasteiger partial charge on any atom is 0.330 e. The third kappa shape index (κ3) is 3.95. The molecule has 1 unspecified atom stereocenters. The normalized spacial score (nSPS) is 23.9. The number of benzene rings is 1. The van der Waals surface area contributed by atoms with E-state index in [1.807, 2.05) is 44.2 Å². The molecular weight excluding hydrogens is 334 g/mol. The first-order valence-corrected chi connectivity index (χ1v) is 8.95. The summed E-state index contributed by atoms with van der Waals surface area (Å²) in [7, 11) is 0. The van der Waals surface area contributed by atoms with Gasteiger partial charge in [-0.05, 0) is 18.9 Å². The maximum atomic E-state index is 12.1. The summed E-state index contributed by atoms with van der Waals surface area (Å²) in [6, 6.07) is 10.1. The van der Waals surface area contributed by atoms with Crippen molar-refractivity contribution in [1.82, 2.24) is 14.9 Å². The maximum absolute atomic E-state index is 12.1. The summed E-state index contributed by atoms with van der Waals surface area (Å²) in [4.78, 5) is 26.1. The molecule has 7 heteroatoms. The summed E-state index contributed by atoms with van der Waals surface area (Å²) in [5.74, 6) is 0. The Morgan fingerprint density at radius 3 is 2.77 bits per heavy atom. The van der Waals surface area contributed by atoms with Crippen LogP contribution in [0.5, 0.6) is 0 Å². The van der Waals surface area contributed by atoms with E-state index in [-0.39, 0.29) is 11.6 Å². The summed E-state index contributed by atoms with van der Waals surface area (Å²) in [6.07, 6.45) is 0.667. The van der Waals surface area contributed by atoms with E-state index in [0.717, 1.165) is 5.56 Å². The molecule has 1 saturated heterocycles. The number of H-pyrrole nitrogens is 1. The first-order chi connectivity index (χ1) is 12.5. The van der Waals surface area contributed by atoms with Crippen molar-refractivity contribution < 1.29 is 9.84 Å². The third-order valence-electron chi connectivity index (χ3n) is 4.86.